The third kappa shape index (κ3) is 4.02. The van der Waals surface area contributed by atoms with Crippen molar-refractivity contribution in [3.8, 4) is 11.1 Å². The van der Waals surface area contributed by atoms with E-state index in [4.69, 9.17) is 0 Å². The summed E-state index contributed by atoms with van der Waals surface area (Å²) in [6, 6.07) is 59.2. The lowest BCUT2D eigenvalue weighted by atomic mass is 9.92. The Morgan fingerprint density at radius 2 is 0.756 bits per heavy atom. The van der Waals surface area contributed by atoms with Gasteiger partial charge in [0.1, 0.15) is 0 Å². The van der Waals surface area contributed by atoms with Crippen molar-refractivity contribution in [2.24, 2.45) is 0 Å². The lowest BCUT2D eigenvalue weighted by molar-refractivity contribution is 1.29. The van der Waals surface area contributed by atoms with E-state index in [-0.39, 0.29) is 0 Å². The van der Waals surface area contributed by atoms with Gasteiger partial charge in [-0.15, -0.1) is 0 Å². The molecule has 1 nitrogen and oxygen atoms in total. The third-order valence-electron chi connectivity index (χ3n) is 8.21. The molecule has 0 amide bonds. The Morgan fingerprint density at radius 3 is 1.44 bits per heavy atom. The van der Waals surface area contributed by atoms with Crippen LogP contribution < -0.4 is 4.90 Å². The number of hydrogen-bond donors (Lipinski definition) is 0. The van der Waals surface area contributed by atoms with Gasteiger partial charge in [0.2, 0.25) is 0 Å². The molecule has 0 aliphatic heterocycles. The third-order valence-corrected chi connectivity index (χ3v) is 8.21. The minimum absolute atomic E-state index is 1.13. The summed E-state index contributed by atoms with van der Waals surface area (Å²) in [5.41, 5.74) is 5.85. The molecule has 0 spiro atoms. The Balaban J connectivity index is 1.25. The Labute approximate surface area is 239 Å². The number of para-hydroxylation sites is 1. The topological polar surface area (TPSA) is 3.24 Å². The minimum Gasteiger partial charge on any atom is -0.310 e. The molecule has 8 aromatic rings. The van der Waals surface area contributed by atoms with Crippen molar-refractivity contribution in [2.45, 2.75) is 0 Å². The fourth-order valence-corrected chi connectivity index (χ4v) is 6.23. The van der Waals surface area contributed by atoms with Gasteiger partial charge in [-0.25, -0.2) is 0 Å². The zero-order valence-corrected chi connectivity index (χ0v) is 22.5. The molecule has 0 N–H and O–H groups in total. The maximum Gasteiger partial charge on any atom is 0.0468 e. The normalized spacial score (nSPS) is 11.4. The van der Waals surface area contributed by atoms with Crippen molar-refractivity contribution < 1.29 is 0 Å². The summed E-state index contributed by atoms with van der Waals surface area (Å²) < 4.78 is 0. The van der Waals surface area contributed by atoms with Crippen LogP contribution in [0.5, 0.6) is 0 Å². The molecule has 0 aliphatic rings. The fourth-order valence-electron chi connectivity index (χ4n) is 6.23. The van der Waals surface area contributed by atoms with Gasteiger partial charge < -0.3 is 4.90 Å². The predicted molar refractivity (Wildman–Crippen MR) is 177 cm³/mol. The number of rotatable bonds is 4. The van der Waals surface area contributed by atoms with Crippen LogP contribution in [0.25, 0.3) is 54.2 Å². The van der Waals surface area contributed by atoms with E-state index < -0.39 is 0 Å². The summed E-state index contributed by atoms with van der Waals surface area (Å²) in [7, 11) is 0. The molecule has 1 heteroatoms. The zero-order valence-electron chi connectivity index (χ0n) is 22.5. The van der Waals surface area contributed by atoms with E-state index in [1.165, 1.54) is 54.2 Å². The van der Waals surface area contributed by atoms with Crippen LogP contribution in [0.3, 0.4) is 0 Å². The lowest BCUT2D eigenvalue weighted by Gasteiger charge is -2.26. The second kappa shape index (κ2) is 9.66. The first-order chi connectivity index (χ1) is 20.3. The van der Waals surface area contributed by atoms with Crippen LogP contribution in [0.1, 0.15) is 0 Å². The van der Waals surface area contributed by atoms with Gasteiger partial charge in [-0.3, -0.25) is 0 Å². The largest absolute Gasteiger partial charge is 0.310 e. The molecule has 0 atom stereocenters. The van der Waals surface area contributed by atoms with Gasteiger partial charge in [0.25, 0.3) is 0 Å². The van der Waals surface area contributed by atoms with Gasteiger partial charge >= 0.3 is 0 Å². The number of anilines is 3. The summed E-state index contributed by atoms with van der Waals surface area (Å²) in [6.07, 6.45) is 0. The lowest BCUT2D eigenvalue weighted by Crippen LogP contribution is -2.09. The van der Waals surface area contributed by atoms with Crippen LogP contribution in [-0.4, -0.2) is 0 Å². The van der Waals surface area contributed by atoms with Crippen LogP contribution in [0.2, 0.25) is 0 Å². The predicted octanol–water partition coefficient (Wildman–Crippen LogP) is 11.4. The summed E-state index contributed by atoms with van der Waals surface area (Å²) in [4.78, 5) is 2.33. The number of hydrogen-bond acceptors (Lipinski definition) is 1. The molecule has 0 unspecified atom stereocenters. The Hall–Kier alpha value is -5.40. The van der Waals surface area contributed by atoms with Crippen molar-refractivity contribution >= 4 is 60.2 Å². The molecular weight excluding hydrogens is 494 g/mol. The monoisotopic (exact) mass is 521 g/mol. The molecule has 0 aliphatic carbocycles. The van der Waals surface area contributed by atoms with Gasteiger partial charge in [0, 0.05) is 17.1 Å². The highest BCUT2D eigenvalue weighted by molar-refractivity contribution is 6.25. The first kappa shape index (κ1) is 23.5. The van der Waals surface area contributed by atoms with Crippen LogP contribution in [0.15, 0.2) is 164 Å². The molecule has 0 aromatic heterocycles. The minimum atomic E-state index is 1.13. The van der Waals surface area contributed by atoms with E-state index in [0.717, 1.165) is 17.1 Å². The second-order valence-corrected chi connectivity index (χ2v) is 10.6. The van der Waals surface area contributed by atoms with Crippen LogP contribution in [0, 0.1) is 0 Å². The molecule has 0 saturated carbocycles. The molecule has 0 radical (unpaired) electrons. The molecule has 41 heavy (non-hydrogen) atoms. The molecule has 0 bridgehead atoms. The average Bonchev–Trinajstić information content (AvgIpc) is 3.05. The smallest absolute Gasteiger partial charge is 0.0468 e. The summed E-state index contributed by atoms with van der Waals surface area (Å²) in [6.45, 7) is 0. The number of nitrogens with zero attached hydrogens (tertiary/aromatic N) is 1. The first-order valence-corrected chi connectivity index (χ1v) is 14.1. The Kier molecular flexibility index (Phi) is 5.53. The molecule has 0 heterocycles. The highest BCUT2D eigenvalue weighted by Crippen LogP contribution is 2.39. The van der Waals surface area contributed by atoms with Gasteiger partial charge in [0.05, 0.1) is 0 Å². The fraction of sp³-hybridized carbons (Fsp3) is 0. The Bertz CT molecular complexity index is 2160. The van der Waals surface area contributed by atoms with E-state index >= 15 is 0 Å². The van der Waals surface area contributed by atoms with Gasteiger partial charge in [-0.1, -0.05) is 121 Å². The van der Waals surface area contributed by atoms with Crippen molar-refractivity contribution in [1.29, 1.82) is 0 Å². The Morgan fingerprint density at radius 1 is 0.268 bits per heavy atom. The van der Waals surface area contributed by atoms with Crippen LogP contribution in [-0.2, 0) is 0 Å². The zero-order chi connectivity index (χ0) is 27.2. The van der Waals surface area contributed by atoms with Crippen molar-refractivity contribution in [2.75, 3.05) is 4.90 Å². The SMILES string of the molecule is c1ccc(N(c2ccc(-c3ccc4c5ccccc5c5ccccc5c4c3)cc2)c2ccc3ccccc3c2)cc1. The molecular formula is C40H27N. The van der Waals surface area contributed by atoms with E-state index in [0.29, 0.717) is 0 Å². The molecule has 0 saturated heterocycles. The molecule has 8 aromatic carbocycles. The van der Waals surface area contributed by atoms with Crippen LogP contribution in [0.4, 0.5) is 17.1 Å². The molecule has 192 valence electrons. The van der Waals surface area contributed by atoms with E-state index in [2.05, 4.69) is 169 Å². The van der Waals surface area contributed by atoms with Crippen molar-refractivity contribution in [1.82, 2.24) is 0 Å². The molecule has 8 rings (SSSR count). The summed E-state index contributed by atoms with van der Waals surface area (Å²) in [5.74, 6) is 0. The first-order valence-electron chi connectivity index (χ1n) is 14.1. The standard InChI is InChI=1S/C40H27N/c1-2-12-32(13-3-1)41(34-24-20-28-10-4-5-11-30(28)26-34)33-22-18-29(19-23-33)31-21-25-39-37-16-7-6-14-35(37)36-15-8-9-17-38(36)40(39)27-31/h1-27H. The maximum absolute atomic E-state index is 2.36. The van der Waals surface area contributed by atoms with E-state index in [1.807, 2.05) is 0 Å². The van der Waals surface area contributed by atoms with Crippen molar-refractivity contribution in [3.05, 3.63) is 164 Å². The second-order valence-electron chi connectivity index (χ2n) is 10.6. The maximum atomic E-state index is 2.36. The van der Waals surface area contributed by atoms with Gasteiger partial charge in [0.15, 0.2) is 0 Å². The molecule has 0 fully saturated rings. The van der Waals surface area contributed by atoms with Gasteiger partial charge in [-0.05, 0) is 96.7 Å². The van der Waals surface area contributed by atoms with E-state index in [9.17, 15) is 0 Å². The highest BCUT2D eigenvalue weighted by atomic mass is 15.1. The van der Waals surface area contributed by atoms with E-state index in [1.54, 1.807) is 0 Å². The highest BCUT2D eigenvalue weighted by Gasteiger charge is 2.14. The van der Waals surface area contributed by atoms with Crippen LogP contribution >= 0.6 is 0 Å². The van der Waals surface area contributed by atoms with Crippen molar-refractivity contribution in [3.63, 3.8) is 0 Å². The number of benzene rings is 8. The summed E-state index contributed by atoms with van der Waals surface area (Å²) in [5, 5.41) is 10.3. The summed E-state index contributed by atoms with van der Waals surface area (Å²) >= 11 is 0. The quantitative estimate of drug-likeness (QED) is 0.208. The number of fused-ring (bicyclic) bond motifs is 7. The van der Waals surface area contributed by atoms with Gasteiger partial charge in [-0.2, -0.15) is 0 Å². The average molecular weight is 522 g/mol.